The highest BCUT2D eigenvalue weighted by Gasteiger charge is 2.28. The van der Waals surface area contributed by atoms with Crippen molar-refractivity contribution in [2.24, 2.45) is 5.92 Å². The van der Waals surface area contributed by atoms with E-state index in [2.05, 4.69) is 46.6 Å². The molecule has 0 saturated carbocycles. The predicted molar refractivity (Wildman–Crippen MR) is 130 cm³/mol. The Bertz CT molecular complexity index is 1090. The van der Waals surface area contributed by atoms with E-state index in [1.165, 1.54) is 22.5 Å². The van der Waals surface area contributed by atoms with Gasteiger partial charge in [-0.2, -0.15) is 0 Å². The molecule has 0 atom stereocenters. The number of carbonyl (C=O) groups is 2. The van der Waals surface area contributed by atoms with Crippen molar-refractivity contribution in [3.63, 3.8) is 0 Å². The Morgan fingerprint density at radius 2 is 2.00 bits per heavy atom. The number of nitrogens with one attached hydrogen (secondary N) is 2. The number of imidazole rings is 1. The lowest BCUT2D eigenvalue weighted by atomic mass is 9.95. The molecule has 2 N–H and O–H groups in total. The molecule has 2 aromatic heterocycles. The van der Waals surface area contributed by atoms with E-state index in [-0.39, 0.29) is 17.7 Å². The number of benzene rings is 1. The fraction of sp³-hybridized carbons (Fsp3) is 0.417. The molecule has 33 heavy (non-hydrogen) atoms. The molecule has 2 amide bonds. The van der Waals surface area contributed by atoms with Gasteiger partial charge in [-0.1, -0.05) is 6.07 Å². The van der Waals surface area contributed by atoms with E-state index in [9.17, 15) is 9.59 Å². The molecule has 1 aromatic carbocycles. The molecule has 1 saturated heterocycles. The number of carbonyl (C=O) groups excluding carboxylic acids is 2. The molecule has 174 valence electrons. The third-order valence-corrected chi connectivity index (χ3v) is 6.84. The highest BCUT2D eigenvalue weighted by Crippen LogP contribution is 2.25. The molecule has 3 aromatic rings. The molecule has 0 aliphatic carbocycles. The quantitative estimate of drug-likeness (QED) is 0.493. The Labute approximate surface area is 198 Å². The highest BCUT2D eigenvalue weighted by molar-refractivity contribution is 7.14. The second-order valence-corrected chi connectivity index (χ2v) is 9.33. The average Bonchev–Trinajstić information content (AvgIpc) is 3.51. The maximum Gasteiger partial charge on any atom is 0.273 e. The number of anilines is 2. The van der Waals surface area contributed by atoms with Crippen LogP contribution in [-0.2, 0) is 11.3 Å². The van der Waals surface area contributed by atoms with E-state index >= 15 is 0 Å². The molecule has 8 nitrogen and oxygen atoms in total. The minimum absolute atomic E-state index is 0.0419. The zero-order chi connectivity index (χ0) is 23.2. The normalized spacial score (nSPS) is 14.3. The minimum Gasteiger partial charge on any atom is -0.356 e. The first-order valence-corrected chi connectivity index (χ1v) is 12.2. The van der Waals surface area contributed by atoms with E-state index < -0.39 is 0 Å². The van der Waals surface area contributed by atoms with Crippen molar-refractivity contribution >= 4 is 34.0 Å². The Kier molecular flexibility index (Phi) is 7.39. The zero-order valence-corrected chi connectivity index (χ0v) is 19.9. The Morgan fingerprint density at radius 3 is 2.73 bits per heavy atom. The molecular formula is C24H30N6O2S. The number of hydrogen-bond donors (Lipinski definition) is 2. The molecule has 1 fully saturated rings. The van der Waals surface area contributed by atoms with Gasteiger partial charge < -0.3 is 20.1 Å². The number of thiazole rings is 1. The number of amides is 2. The maximum absolute atomic E-state index is 12.9. The Hall–Kier alpha value is -3.20. The van der Waals surface area contributed by atoms with Crippen molar-refractivity contribution < 1.29 is 9.59 Å². The van der Waals surface area contributed by atoms with Gasteiger partial charge >= 0.3 is 0 Å². The van der Waals surface area contributed by atoms with Gasteiger partial charge in [0.1, 0.15) is 5.69 Å². The maximum atomic E-state index is 12.9. The van der Waals surface area contributed by atoms with E-state index in [1.54, 1.807) is 22.8 Å². The molecule has 4 rings (SSSR count). The zero-order valence-electron chi connectivity index (χ0n) is 19.1. The third-order valence-electron chi connectivity index (χ3n) is 6.09. The summed E-state index contributed by atoms with van der Waals surface area (Å²) in [6, 6.07) is 6.15. The lowest BCUT2D eigenvalue weighted by Crippen LogP contribution is -2.43. The van der Waals surface area contributed by atoms with Crippen molar-refractivity contribution in [2.75, 3.05) is 25.0 Å². The molecule has 0 bridgehead atoms. The van der Waals surface area contributed by atoms with Crippen LogP contribution in [0.15, 0.2) is 42.3 Å². The number of piperidine rings is 1. The topological polar surface area (TPSA) is 92.1 Å². The number of hydrogen-bond acceptors (Lipinski definition) is 6. The van der Waals surface area contributed by atoms with Crippen LogP contribution in [0.2, 0.25) is 0 Å². The SMILES string of the molecule is Cc1ccc(Nc2nc(C(=O)N3CCC(C(=O)NCCCn4ccnc4)CC3)cs2)cc1C. The third kappa shape index (κ3) is 5.98. The van der Waals surface area contributed by atoms with Crippen LogP contribution < -0.4 is 10.6 Å². The van der Waals surface area contributed by atoms with Crippen molar-refractivity contribution in [3.05, 3.63) is 59.1 Å². The fourth-order valence-corrected chi connectivity index (χ4v) is 4.62. The predicted octanol–water partition coefficient (Wildman–Crippen LogP) is 3.76. The summed E-state index contributed by atoms with van der Waals surface area (Å²) in [4.78, 5) is 35.7. The number of aromatic nitrogens is 3. The van der Waals surface area contributed by atoms with Gasteiger partial charge in [0, 0.05) is 55.6 Å². The summed E-state index contributed by atoms with van der Waals surface area (Å²) in [5.74, 6) is -0.0282. The van der Waals surface area contributed by atoms with Gasteiger partial charge in [0.05, 0.1) is 6.33 Å². The Morgan fingerprint density at radius 1 is 1.18 bits per heavy atom. The molecule has 0 radical (unpaired) electrons. The van der Waals surface area contributed by atoms with Crippen LogP contribution >= 0.6 is 11.3 Å². The number of likely N-dealkylation sites (tertiary alicyclic amines) is 1. The standard InChI is InChI=1S/C24H30N6O2S/c1-17-4-5-20(14-18(17)2)27-24-28-21(15-33-24)23(32)30-11-6-19(7-12-30)22(31)26-8-3-10-29-13-9-25-16-29/h4-5,9,13-16,19H,3,6-8,10-12H2,1-2H3,(H,26,31)(H,27,28). The summed E-state index contributed by atoms with van der Waals surface area (Å²) in [7, 11) is 0. The summed E-state index contributed by atoms with van der Waals surface area (Å²) >= 11 is 1.42. The number of nitrogens with zero attached hydrogens (tertiary/aromatic N) is 4. The van der Waals surface area contributed by atoms with Crippen LogP contribution in [0.3, 0.4) is 0 Å². The van der Waals surface area contributed by atoms with Crippen molar-refractivity contribution in [1.29, 1.82) is 0 Å². The smallest absolute Gasteiger partial charge is 0.273 e. The van der Waals surface area contributed by atoms with Crippen LogP contribution in [0.1, 0.15) is 40.9 Å². The van der Waals surface area contributed by atoms with Gasteiger partial charge in [0.25, 0.3) is 5.91 Å². The second-order valence-electron chi connectivity index (χ2n) is 8.47. The summed E-state index contributed by atoms with van der Waals surface area (Å²) in [6.45, 7) is 6.78. The lowest BCUT2D eigenvalue weighted by Gasteiger charge is -2.30. The van der Waals surface area contributed by atoms with Gasteiger partial charge in [-0.25, -0.2) is 9.97 Å². The molecule has 1 aliphatic rings. The summed E-state index contributed by atoms with van der Waals surface area (Å²) in [5, 5.41) is 8.81. The average molecular weight is 467 g/mol. The summed E-state index contributed by atoms with van der Waals surface area (Å²) < 4.78 is 2.00. The van der Waals surface area contributed by atoms with E-state index in [1.807, 2.05) is 16.8 Å². The van der Waals surface area contributed by atoms with E-state index in [0.29, 0.717) is 43.3 Å². The van der Waals surface area contributed by atoms with E-state index in [4.69, 9.17) is 0 Å². The number of rotatable bonds is 8. The van der Waals surface area contributed by atoms with Gasteiger partial charge in [-0.3, -0.25) is 9.59 Å². The van der Waals surface area contributed by atoms with Gasteiger partial charge in [0.2, 0.25) is 5.91 Å². The number of aryl methyl sites for hydroxylation is 3. The van der Waals surface area contributed by atoms with Crippen molar-refractivity contribution in [3.8, 4) is 0 Å². The van der Waals surface area contributed by atoms with Gasteiger partial charge in [0.15, 0.2) is 5.13 Å². The lowest BCUT2D eigenvalue weighted by molar-refractivity contribution is -0.126. The summed E-state index contributed by atoms with van der Waals surface area (Å²) in [6.07, 6.45) is 7.66. The van der Waals surface area contributed by atoms with Crippen LogP contribution in [0.25, 0.3) is 0 Å². The molecule has 3 heterocycles. The van der Waals surface area contributed by atoms with Crippen LogP contribution in [0.4, 0.5) is 10.8 Å². The monoisotopic (exact) mass is 466 g/mol. The largest absolute Gasteiger partial charge is 0.356 e. The summed E-state index contributed by atoms with van der Waals surface area (Å²) in [5.41, 5.74) is 3.86. The minimum atomic E-state index is -0.0708. The van der Waals surface area contributed by atoms with Gasteiger partial charge in [-0.05, 0) is 56.4 Å². The van der Waals surface area contributed by atoms with Crippen molar-refractivity contribution in [2.45, 2.75) is 39.7 Å². The highest BCUT2D eigenvalue weighted by atomic mass is 32.1. The molecule has 0 unspecified atom stereocenters. The first-order valence-electron chi connectivity index (χ1n) is 11.3. The Balaban J connectivity index is 1.22. The van der Waals surface area contributed by atoms with Crippen LogP contribution in [-0.4, -0.2) is 50.9 Å². The van der Waals surface area contributed by atoms with Crippen molar-refractivity contribution in [1.82, 2.24) is 24.8 Å². The fourth-order valence-electron chi connectivity index (χ4n) is 3.92. The van der Waals surface area contributed by atoms with E-state index in [0.717, 1.165) is 18.7 Å². The van der Waals surface area contributed by atoms with Gasteiger partial charge in [-0.15, -0.1) is 11.3 Å². The molecule has 1 aliphatic heterocycles. The molecule has 0 spiro atoms. The van der Waals surface area contributed by atoms with Crippen LogP contribution in [0, 0.1) is 19.8 Å². The second kappa shape index (κ2) is 10.6. The molecule has 9 heteroatoms. The van der Waals surface area contributed by atoms with Crippen LogP contribution in [0.5, 0.6) is 0 Å². The molecular weight excluding hydrogens is 436 g/mol. The first-order chi connectivity index (χ1) is 16.0. The first kappa shape index (κ1) is 23.0.